The quantitative estimate of drug-likeness (QED) is 0.268. The normalized spacial score (nSPS) is 17.7. The van der Waals surface area contributed by atoms with E-state index in [1.807, 2.05) is 0 Å². The Balaban J connectivity index is 1.60. The first-order valence-corrected chi connectivity index (χ1v) is 15.5. The van der Waals surface area contributed by atoms with Gasteiger partial charge in [0.2, 0.25) is 0 Å². The van der Waals surface area contributed by atoms with E-state index >= 15 is 0 Å². The van der Waals surface area contributed by atoms with Crippen LogP contribution in [0.4, 0.5) is 0 Å². The maximum atomic E-state index is 2.52. The standard InChI is InChI=1S/C13H9.C11H12P.Hf/c1-3-7-12-10(5-1)9-11-6-2-4-8-13(11)12;1-12(2)11-7-9-5-3-4-6-10(9)8-11;/h1-9H;3-8H,1-2H3;. The zero-order valence-corrected chi connectivity index (χ0v) is 19.6. The van der Waals surface area contributed by atoms with Crippen molar-refractivity contribution in [3.8, 4) is 11.1 Å². The Morgan fingerprint density at radius 3 is 1.81 bits per heavy atom. The molecule has 0 bridgehead atoms. The Kier molecular flexibility index (Phi) is 4.34. The van der Waals surface area contributed by atoms with Crippen molar-refractivity contribution in [1.82, 2.24) is 0 Å². The first-order chi connectivity index (χ1) is 12.7. The zero-order valence-electron chi connectivity index (χ0n) is 15.1. The van der Waals surface area contributed by atoms with Gasteiger partial charge in [-0.2, -0.15) is 0 Å². The van der Waals surface area contributed by atoms with Crippen LogP contribution in [0.3, 0.4) is 0 Å². The molecule has 0 saturated heterocycles. The average Bonchev–Trinajstić information content (AvgIpc) is 3.20. The van der Waals surface area contributed by atoms with Gasteiger partial charge >= 0.3 is 169 Å². The van der Waals surface area contributed by atoms with Gasteiger partial charge in [-0.25, -0.2) is 0 Å². The molecule has 0 fully saturated rings. The third-order valence-electron chi connectivity index (χ3n) is 5.59. The predicted octanol–water partition coefficient (Wildman–Crippen LogP) is 6.68. The third-order valence-corrected chi connectivity index (χ3v) is 14.7. The molecule has 0 nitrogen and oxygen atoms in total. The van der Waals surface area contributed by atoms with Crippen molar-refractivity contribution in [2.75, 3.05) is 13.3 Å². The number of fused-ring (bicyclic) bond motifs is 4. The van der Waals surface area contributed by atoms with Crippen LogP contribution in [-0.4, -0.2) is 13.3 Å². The third kappa shape index (κ3) is 2.63. The molecule has 0 aromatic heterocycles. The molecule has 1 unspecified atom stereocenters. The van der Waals surface area contributed by atoms with E-state index in [-0.39, 0.29) is 7.92 Å². The molecule has 0 amide bonds. The molecule has 0 radical (unpaired) electrons. The number of hydrogen-bond acceptors (Lipinski definition) is 0. The van der Waals surface area contributed by atoms with E-state index < -0.39 is 22.9 Å². The van der Waals surface area contributed by atoms with Crippen LogP contribution in [0, 0.1) is 0 Å². The molecule has 26 heavy (non-hydrogen) atoms. The van der Waals surface area contributed by atoms with Gasteiger partial charge in [0.1, 0.15) is 0 Å². The van der Waals surface area contributed by atoms with Crippen molar-refractivity contribution >= 4 is 14.0 Å². The van der Waals surface area contributed by atoms with E-state index in [1.54, 1.807) is 22.0 Å². The topological polar surface area (TPSA) is 0 Å². The van der Waals surface area contributed by atoms with E-state index in [9.17, 15) is 0 Å². The SMILES string of the molecule is CP(C)C1=Cc2ccccc2[CH]1[Hf][CH]1c2ccccc2-c2ccccc21. The molecule has 0 heterocycles. The summed E-state index contributed by atoms with van der Waals surface area (Å²) in [4.78, 5) is 0. The van der Waals surface area contributed by atoms with Crippen LogP contribution in [0.15, 0.2) is 78.1 Å². The summed E-state index contributed by atoms with van der Waals surface area (Å²) in [7, 11) is -0.0323. The number of allylic oxidation sites excluding steroid dienone is 1. The molecular formula is C24H21HfP. The predicted molar refractivity (Wildman–Crippen MR) is 110 cm³/mol. The fourth-order valence-corrected chi connectivity index (χ4v) is 15.6. The molecule has 3 aromatic carbocycles. The van der Waals surface area contributed by atoms with Crippen LogP contribution in [0.2, 0.25) is 0 Å². The van der Waals surface area contributed by atoms with Gasteiger partial charge in [-0.05, 0) is 0 Å². The Labute approximate surface area is 168 Å². The maximum absolute atomic E-state index is 2.52. The Hall–Kier alpha value is -1.30. The van der Waals surface area contributed by atoms with Crippen LogP contribution >= 0.6 is 7.92 Å². The monoisotopic (exact) mass is 520 g/mol. The van der Waals surface area contributed by atoms with Gasteiger partial charge < -0.3 is 0 Å². The van der Waals surface area contributed by atoms with E-state index in [0.29, 0.717) is 3.67 Å². The van der Waals surface area contributed by atoms with Crippen LogP contribution in [0.25, 0.3) is 17.2 Å². The van der Waals surface area contributed by atoms with E-state index in [0.717, 1.165) is 3.67 Å². The second-order valence-electron chi connectivity index (χ2n) is 7.30. The van der Waals surface area contributed by atoms with Gasteiger partial charge in [-0.3, -0.25) is 0 Å². The zero-order chi connectivity index (χ0) is 17.7. The second-order valence-corrected chi connectivity index (χ2v) is 15.0. The van der Waals surface area contributed by atoms with Crippen molar-refractivity contribution in [3.63, 3.8) is 0 Å². The summed E-state index contributed by atoms with van der Waals surface area (Å²) in [5.74, 6) is 0. The van der Waals surface area contributed by atoms with Crippen LogP contribution in [-0.2, 0) is 22.9 Å². The summed E-state index contributed by atoms with van der Waals surface area (Å²) >= 11 is -1.04. The Morgan fingerprint density at radius 1 is 0.654 bits per heavy atom. The van der Waals surface area contributed by atoms with Crippen molar-refractivity contribution < 1.29 is 22.9 Å². The fourth-order valence-electron chi connectivity index (χ4n) is 4.37. The molecule has 0 saturated carbocycles. The van der Waals surface area contributed by atoms with Gasteiger partial charge in [-0.1, -0.05) is 0 Å². The number of rotatable bonds is 3. The van der Waals surface area contributed by atoms with Crippen molar-refractivity contribution in [3.05, 3.63) is 100 Å². The van der Waals surface area contributed by atoms with E-state index in [4.69, 9.17) is 0 Å². The minimum atomic E-state index is -1.04. The van der Waals surface area contributed by atoms with Gasteiger partial charge in [0, 0.05) is 0 Å². The molecule has 2 heteroatoms. The first kappa shape index (κ1) is 16.8. The summed E-state index contributed by atoms with van der Waals surface area (Å²) in [6.07, 6.45) is 2.52. The molecule has 126 valence electrons. The molecular weight excluding hydrogens is 498 g/mol. The number of hydrogen-bond donors (Lipinski definition) is 0. The van der Waals surface area contributed by atoms with E-state index in [1.165, 1.54) is 16.7 Å². The van der Waals surface area contributed by atoms with Gasteiger partial charge in [0.25, 0.3) is 0 Å². The summed E-state index contributed by atoms with van der Waals surface area (Å²) in [5, 5.41) is 1.74. The molecule has 2 aliphatic carbocycles. The molecule has 5 rings (SSSR count). The van der Waals surface area contributed by atoms with Crippen LogP contribution in [0.1, 0.15) is 29.6 Å². The molecule has 0 spiro atoms. The van der Waals surface area contributed by atoms with Crippen LogP contribution < -0.4 is 0 Å². The Morgan fingerprint density at radius 2 is 1.19 bits per heavy atom. The molecule has 2 aliphatic rings. The summed E-state index contributed by atoms with van der Waals surface area (Å²) < 4.78 is 1.44. The van der Waals surface area contributed by atoms with Crippen molar-refractivity contribution in [2.24, 2.45) is 0 Å². The molecule has 3 aromatic rings. The Bertz CT molecular complexity index is 972. The molecule has 0 N–H and O–H groups in total. The summed E-state index contributed by atoms with van der Waals surface area (Å²) in [6.45, 7) is 4.86. The average molecular weight is 519 g/mol. The second kappa shape index (κ2) is 6.70. The molecule has 1 atom stereocenters. The summed E-state index contributed by atoms with van der Waals surface area (Å²) in [5.41, 5.74) is 9.25. The fraction of sp³-hybridized carbons (Fsp3) is 0.167. The first-order valence-electron chi connectivity index (χ1n) is 9.16. The van der Waals surface area contributed by atoms with Crippen molar-refractivity contribution in [2.45, 2.75) is 7.35 Å². The van der Waals surface area contributed by atoms with Crippen LogP contribution in [0.5, 0.6) is 0 Å². The number of benzene rings is 3. The van der Waals surface area contributed by atoms with E-state index in [2.05, 4.69) is 92.2 Å². The summed E-state index contributed by atoms with van der Waals surface area (Å²) in [6, 6.07) is 27.4. The molecule has 0 aliphatic heterocycles. The minimum absolute atomic E-state index is 0.0323. The van der Waals surface area contributed by atoms with Gasteiger partial charge in [0.15, 0.2) is 0 Å². The van der Waals surface area contributed by atoms with Gasteiger partial charge in [-0.15, -0.1) is 0 Å². The van der Waals surface area contributed by atoms with Gasteiger partial charge in [0.05, 0.1) is 0 Å². The van der Waals surface area contributed by atoms with Crippen molar-refractivity contribution in [1.29, 1.82) is 0 Å².